The van der Waals surface area contributed by atoms with Gasteiger partial charge in [-0.1, -0.05) is 23.5 Å². The predicted octanol–water partition coefficient (Wildman–Crippen LogP) is -0.224. The highest BCUT2D eigenvalue weighted by Crippen LogP contribution is 2.10. The summed E-state index contributed by atoms with van der Waals surface area (Å²) in [5.41, 5.74) is -0.433. The third-order valence-corrected chi connectivity index (χ3v) is 3.36. The van der Waals surface area contributed by atoms with E-state index < -0.39 is 23.1 Å². The van der Waals surface area contributed by atoms with Crippen molar-refractivity contribution in [3.8, 4) is 0 Å². The summed E-state index contributed by atoms with van der Waals surface area (Å²) in [4.78, 5) is 23.2. The summed E-state index contributed by atoms with van der Waals surface area (Å²) >= 11 is 0.950. The van der Waals surface area contributed by atoms with E-state index in [1.807, 2.05) is 0 Å². The summed E-state index contributed by atoms with van der Waals surface area (Å²) in [6.07, 6.45) is -1.10. The van der Waals surface area contributed by atoms with E-state index in [1.54, 1.807) is 24.3 Å². The first kappa shape index (κ1) is 12.0. The van der Waals surface area contributed by atoms with Gasteiger partial charge in [-0.2, -0.15) is 0 Å². The highest BCUT2D eigenvalue weighted by atomic mass is 32.1. The van der Waals surface area contributed by atoms with Gasteiger partial charge >= 0.3 is 4.87 Å². The molecule has 1 atom stereocenters. The molecule has 0 amide bonds. The van der Waals surface area contributed by atoms with E-state index in [4.69, 9.17) is 5.11 Å². The van der Waals surface area contributed by atoms with Crippen LogP contribution in [0.2, 0.25) is 0 Å². The van der Waals surface area contributed by atoms with Gasteiger partial charge in [0.05, 0.1) is 24.6 Å². The highest BCUT2D eigenvalue weighted by molar-refractivity contribution is 7.16. The molecule has 0 spiro atoms. The van der Waals surface area contributed by atoms with Crippen molar-refractivity contribution in [2.45, 2.75) is 12.6 Å². The number of hydrogen-bond acceptors (Lipinski definition) is 5. The second-order valence-corrected chi connectivity index (χ2v) is 4.61. The summed E-state index contributed by atoms with van der Waals surface area (Å²) < 4.78 is 1.57. The van der Waals surface area contributed by atoms with E-state index in [1.165, 1.54) is 0 Å². The van der Waals surface area contributed by atoms with E-state index in [0.29, 0.717) is 10.1 Å². The Kier molecular flexibility index (Phi) is 3.37. The van der Waals surface area contributed by atoms with Gasteiger partial charge in [-0.3, -0.25) is 14.2 Å². The highest BCUT2D eigenvalue weighted by Gasteiger charge is 2.11. The number of nitrogens with zero attached hydrogens (tertiary/aromatic N) is 1. The van der Waals surface area contributed by atoms with Crippen LogP contribution in [0, 0.1) is 0 Å². The normalized spacial score (nSPS) is 12.8. The smallest absolute Gasteiger partial charge is 0.310 e. The number of aliphatic hydroxyl groups excluding tert-OH is 2. The van der Waals surface area contributed by atoms with Crippen molar-refractivity contribution >= 4 is 21.4 Å². The Labute approximate surface area is 100 Å². The summed E-state index contributed by atoms with van der Waals surface area (Å²) in [6.45, 7) is -0.668. The van der Waals surface area contributed by atoms with Gasteiger partial charge in [0.1, 0.15) is 0 Å². The Morgan fingerprint density at radius 2 is 2.00 bits per heavy atom. The van der Waals surface area contributed by atoms with E-state index in [-0.39, 0.29) is 6.54 Å². The van der Waals surface area contributed by atoms with Crippen molar-refractivity contribution in [1.29, 1.82) is 0 Å². The fourth-order valence-electron chi connectivity index (χ4n) is 1.54. The first-order chi connectivity index (χ1) is 8.13. The average Bonchev–Trinajstić information content (AvgIpc) is 2.34. The fourth-order valence-corrected chi connectivity index (χ4v) is 2.40. The molecule has 1 aromatic heterocycles. The maximum atomic E-state index is 12.0. The zero-order chi connectivity index (χ0) is 12.4. The molecule has 0 saturated heterocycles. The average molecular weight is 253 g/mol. The van der Waals surface area contributed by atoms with Crippen molar-refractivity contribution in [2.75, 3.05) is 6.61 Å². The Hall–Kier alpha value is -1.50. The van der Waals surface area contributed by atoms with Crippen LogP contribution in [0.4, 0.5) is 0 Å². The number of aliphatic hydroxyl groups is 2. The molecule has 2 N–H and O–H groups in total. The quantitative estimate of drug-likeness (QED) is 0.792. The molecule has 1 heterocycles. The summed E-state index contributed by atoms with van der Waals surface area (Å²) in [5, 5.41) is 18.5. The number of hydrogen-bond donors (Lipinski definition) is 2. The maximum Gasteiger partial charge on any atom is 0.310 e. The molecule has 90 valence electrons. The lowest BCUT2D eigenvalue weighted by molar-refractivity contribution is 0.0800. The molecule has 17 heavy (non-hydrogen) atoms. The van der Waals surface area contributed by atoms with Gasteiger partial charge in [0.25, 0.3) is 5.56 Å². The molecule has 0 aliphatic carbocycles. The molecule has 0 fully saturated rings. The first-order valence-corrected chi connectivity index (χ1v) is 5.86. The Balaban J connectivity index is 2.64. The molecule has 2 rings (SSSR count). The summed E-state index contributed by atoms with van der Waals surface area (Å²) in [6, 6.07) is 6.81. The van der Waals surface area contributed by atoms with Crippen LogP contribution >= 0.6 is 11.3 Å². The SMILES string of the molecule is O=c1sc2ccccc2c(=O)n1CC(O)CO. The standard InChI is InChI=1S/C11H11NO4S/c13-6-7(14)5-12-10(15)8-3-1-2-4-9(8)17-11(12)16/h1-4,7,13-14H,5-6H2. The van der Waals surface area contributed by atoms with Crippen LogP contribution < -0.4 is 10.4 Å². The van der Waals surface area contributed by atoms with E-state index >= 15 is 0 Å². The molecule has 6 heteroatoms. The molecule has 2 aromatic rings. The lowest BCUT2D eigenvalue weighted by atomic mass is 10.3. The predicted molar refractivity (Wildman–Crippen MR) is 65.4 cm³/mol. The van der Waals surface area contributed by atoms with Gasteiger partial charge in [-0.15, -0.1) is 0 Å². The second kappa shape index (κ2) is 4.79. The van der Waals surface area contributed by atoms with Crippen LogP contribution in [0.25, 0.3) is 10.1 Å². The van der Waals surface area contributed by atoms with Crippen molar-refractivity contribution < 1.29 is 10.2 Å². The Bertz CT molecular complexity index is 646. The largest absolute Gasteiger partial charge is 0.394 e. The number of fused-ring (bicyclic) bond motifs is 1. The molecular weight excluding hydrogens is 242 g/mol. The lowest BCUT2D eigenvalue weighted by Gasteiger charge is -2.09. The monoisotopic (exact) mass is 253 g/mol. The molecule has 0 bridgehead atoms. The molecule has 1 aromatic carbocycles. The first-order valence-electron chi connectivity index (χ1n) is 5.05. The third kappa shape index (κ3) is 2.28. The summed E-state index contributed by atoms with van der Waals surface area (Å²) in [5.74, 6) is 0. The van der Waals surface area contributed by atoms with Crippen LogP contribution in [0.5, 0.6) is 0 Å². The molecule has 0 aliphatic heterocycles. The molecule has 1 unspecified atom stereocenters. The van der Waals surface area contributed by atoms with Crippen LogP contribution in [0.3, 0.4) is 0 Å². The van der Waals surface area contributed by atoms with Crippen LogP contribution in [-0.2, 0) is 6.54 Å². The minimum atomic E-state index is -1.10. The van der Waals surface area contributed by atoms with E-state index in [2.05, 4.69) is 0 Å². The minimum absolute atomic E-state index is 0.185. The fraction of sp³-hybridized carbons (Fsp3) is 0.273. The molecular formula is C11H11NO4S. The van der Waals surface area contributed by atoms with Crippen molar-refractivity contribution in [3.63, 3.8) is 0 Å². The Morgan fingerprint density at radius 1 is 1.29 bits per heavy atom. The Morgan fingerprint density at radius 3 is 2.71 bits per heavy atom. The van der Waals surface area contributed by atoms with Crippen LogP contribution in [-0.4, -0.2) is 27.5 Å². The molecule has 0 saturated carbocycles. The van der Waals surface area contributed by atoms with Gasteiger partial charge in [-0.25, -0.2) is 0 Å². The minimum Gasteiger partial charge on any atom is -0.394 e. The zero-order valence-electron chi connectivity index (χ0n) is 8.87. The van der Waals surface area contributed by atoms with Crippen LogP contribution in [0.1, 0.15) is 0 Å². The van der Waals surface area contributed by atoms with Gasteiger partial charge < -0.3 is 10.2 Å². The maximum absolute atomic E-state index is 12.0. The van der Waals surface area contributed by atoms with E-state index in [9.17, 15) is 14.7 Å². The number of rotatable bonds is 3. The van der Waals surface area contributed by atoms with Crippen molar-refractivity contribution in [3.05, 3.63) is 44.3 Å². The second-order valence-electron chi connectivity index (χ2n) is 3.62. The van der Waals surface area contributed by atoms with Gasteiger partial charge in [0.2, 0.25) is 0 Å². The van der Waals surface area contributed by atoms with Crippen LogP contribution in [0.15, 0.2) is 33.9 Å². The van der Waals surface area contributed by atoms with Gasteiger partial charge in [0.15, 0.2) is 0 Å². The topological polar surface area (TPSA) is 79.5 Å². The van der Waals surface area contributed by atoms with Gasteiger partial charge in [0, 0.05) is 4.70 Å². The zero-order valence-corrected chi connectivity index (χ0v) is 9.68. The third-order valence-electron chi connectivity index (χ3n) is 2.38. The molecule has 0 radical (unpaired) electrons. The lowest BCUT2D eigenvalue weighted by Crippen LogP contribution is -2.36. The molecule has 0 aliphatic rings. The summed E-state index contributed by atoms with van der Waals surface area (Å²) in [7, 11) is 0. The van der Waals surface area contributed by atoms with Crippen molar-refractivity contribution in [1.82, 2.24) is 4.57 Å². The van der Waals surface area contributed by atoms with Crippen molar-refractivity contribution in [2.24, 2.45) is 0 Å². The number of benzene rings is 1. The van der Waals surface area contributed by atoms with E-state index in [0.717, 1.165) is 15.9 Å². The number of aromatic nitrogens is 1. The molecule has 5 nitrogen and oxygen atoms in total. The van der Waals surface area contributed by atoms with Gasteiger partial charge in [-0.05, 0) is 12.1 Å².